The molecule has 0 radical (unpaired) electrons. The van der Waals surface area contributed by atoms with Crippen molar-refractivity contribution in [1.82, 2.24) is 0 Å². The first-order chi connectivity index (χ1) is 4.83. The molecule has 0 aliphatic rings. The van der Waals surface area contributed by atoms with Crippen LogP contribution in [0.1, 0.15) is 0 Å². The molecule has 6 heteroatoms. The highest BCUT2D eigenvalue weighted by molar-refractivity contribution is 4.36. The minimum Gasteiger partial charge on any atom is -0.394 e. The third-order valence-corrected chi connectivity index (χ3v) is 0.471. The average Bonchev–Trinajstić information content (AvgIpc) is 1.91. The fraction of sp³-hybridized carbons (Fsp3) is 1.00. The molecule has 0 spiro atoms. The van der Waals surface area contributed by atoms with Crippen molar-refractivity contribution in [2.24, 2.45) is 0 Å². The van der Waals surface area contributed by atoms with Gasteiger partial charge in [-0.1, -0.05) is 0 Å². The second-order valence-corrected chi connectivity index (χ2v) is 1.15. The lowest BCUT2D eigenvalue weighted by Crippen LogP contribution is -2.03. The standard InChI is InChI=1S/C4H10O3.N3/c5-1-3-7-4-2-6;1-3-2/h5-6H,1-4H2;/q;-1. The number of hydrogen-bond donors (Lipinski definition) is 2. The Morgan fingerprint density at radius 1 is 1.10 bits per heavy atom. The van der Waals surface area contributed by atoms with Crippen LogP contribution in [-0.4, -0.2) is 36.6 Å². The third-order valence-electron chi connectivity index (χ3n) is 0.471. The quantitative estimate of drug-likeness (QED) is 0.250. The van der Waals surface area contributed by atoms with E-state index in [0.717, 1.165) is 0 Å². The highest BCUT2D eigenvalue weighted by Crippen LogP contribution is 1.68. The molecule has 0 aliphatic carbocycles. The van der Waals surface area contributed by atoms with Crippen molar-refractivity contribution < 1.29 is 14.9 Å². The van der Waals surface area contributed by atoms with Gasteiger partial charge in [0, 0.05) is 0 Å². The molecule has 0 saturated carbocycles. The van der Waals surface area contributed by atoms with Gasteiger partial charge in [0.2, 0.25) is 0 Å². The van der Waals surface area contributed by atoms with Crippen LogP contribution >= 0.6 is 0 Å². The molecular weight excluding hydrogens is 138 g/mol. The fourth-order valence-corrected chi connectivity index (χ4v) is 0.231. The highest BCUT2D eigenvalue weighted by atomic mass is 16.5. The summed E-state index contributed by atoms with van der Waals surface area (Å²) in [6.45, 7) is 0.696. The van der Waals surface area contributed by atoms with Gasteiger partial charge in [-0.05, 0) is 0 Å². The molecule has 0 fully saturated rings. The zero-order valence-corrected chi connectivity index (χ0v) is 5.47. The van der Waals surface area contributed by atoms with E-state index in [9.17, 15) is 0 Å². The van der Waals surface area contributed by atoms with Crippen LogP contribution in [0.5, 0.6) is 0 Å². The van der Waals surface area contributed by atoms with E-state index in [0.29, 0.717) is 13.2 Å². The van der Waals surface area contributed by atoms with Crippen molar-refractivity contribution in [1.29, 1.82) is 0 Å². The van der Waals surface area contributed by atoms with Crippen LogP contribution in [0.15, 0.2) is 0 Å². The molecule has 0 aromatic rings. The van der Waals surface area contributed by atoms with Gasteiger partial charge in [-0.15, -0.1) is 0 Å². The van der Waals surface area contributed by atoms with E-state index in [1.807, 2.05) is 0 Å². The molecule has 0 heterocycles. The Kier molecular flexibility index (Phi) is 18.7. The molecule has 6 nitrogen and oxygen atoms in total. The van der Waals surface area contributed by atoms with E-state index in [2.05, 4.69) is 4.74 Å². The van der Waals surface area contributed by atoms with E-state index in [1.165, 1.54) is 4.91 Å². The molecule has 0 bridgehead atoms. The highest BCUT2D eigenvalue weighted by Gasteiger charge is 1.79. The maximum atomic E-state index is 8.09. The Labute approximate surface area is 58.5 Å². The molecule has 2 N–H and O–H groups in total. The molecule has 0 saturated heterocycles. The zero-order chi connectivity index (χ0) is 8.24. The van der Waals surface area contributed by atoms with E-state index >= 15 is 0 Å². The van der Waals surface area contributed by atoms with Gasteiger partial charge in [-0.25, -0.2) is 0 Å². The van der Waals surface area contributed by atoms with Crippen molar-refractivity contribution in [2.45, 2.75) is 0 Å². The molecule has 0 rings (SSSR count). The van der Waals surface area contributed by atoms with Crippen LogP contribution in [0.2, 0.25) is 0 Å². The smallest absolute Gasteiger partial charge is 0.0698 e. The molecule has 0 aromatic carbocycles. The number of aliphatic hydroxyl groups excluding tert-OH is 2. The van der Waals surface area contributed by atoms with Crippen molar-refractivity contribution in [3.05, 3.63) is 16.0 Å². The van der Waals surface area contributed by atoms with E-state index < -0.39 is 0 Å². The molecule has 0 aliphatic heterocycles. The van der Waals surface area contributed by atoms with Gasteiger partial charge in [-0.2, -0.15) is 0 Å². The summed E-state index contributed by atoms with van der Waals surface area (Å²) >= 11 is 0. The fourth-order valence-electron chi connectivity index (χ4n) is 0.231. The van der Waals surface area contributed by atoms with Gasteiger partial charge >= 0.3 is 0 Å². The molecule has 60 valence electrons. The van der Waals surface area contributed by atoms with E-state index in [4.69, 9.17) is 21.3 Å². The van der Waals surface area contributed by atoms with Gasteiger partial charge < -0.3 is 26.0 Å². The Morgan fingerprint density at radius 3 is 1.60 bits per heavy atom. The largest absolute Gasteiger partial charge is 0.394 e. The molecule has 0 atom stereocenters. The normalized spacial score (nSPS) is 7.40. The SMILES string of the molecule is OCCOCCO.[N-]=[N+]=[N-]. The summed E-state index contributed by atoms with van der Waals surface area (Å²) in [6.07, 6.45) is 0. The van der Waals surface area contributed by atoms with Crippen LogP contribution in [0.25, 0.3) is 16.0 Å². The Balaban J connectivity index is 0. The first-order valence-corrected chi connectivity index (χ1v) is 2.61. The third kappa shape index (κ3) is 27.1. The number of hydrogen-bond acceptors (Lipinski definition) is 3. The number of aliphatic hydroxyl groups is 2. The molecule has 10 heavy (non-hydrogen) atoms. The van der Waals surface area contributed by atoms with E-state index in [-0.39, 0.29) is 13.2 Å². The molecule has 0 amide bonds. The Morgan fingerprint density at radius 2 is 1.40 bits per heavy atom. The average molecular weight is 148 g/mol. The van der Waals surface area contributed by atoms with Crippen molar-refractivity contribution in [3.63, 3.8) is 0 Å². The van der Waals surface area contributed by atoms with Crippen LogP contribution in [0, 0.1) is 0 Å². The van der Waals surface area contributed by atoms with Crippen LogP contribution in [0.4, 0.5) is 0 Å². The van der Waals surface area contributed by atoms with Gasteiger partial charge in [0.25, 0.3) is 0 Å². The molecule has 0 unspecified atom stereocenters. The van der Waals surface area contributed by atoms with Crippen molar-refractivity contribution >= 4 is 0 Å². The zero-order valence-electron chi connectivity index (χ0n) is 5.47. The summed E-state index contributed by atoms with van der Waals surface area (Å²) in [5.41, 5.74) is 13.5. The van der Waals surface area contributed by atoms with Gasteiger partial charge in [-0.3, -0.25) is 4.91 Å². The van der Waals surface area contributed by atoms with E-state index in [1.54, 1.807) is 0 Å². The van der Waals surface area contributed by atoms with Crippen LogP contribution in [0.3, 0.4) is 0 Å². The lowest BCUT2D eigenvalue weighted by atomic mass is 10.7. The maximum Gasteiger partial charge on any atom is 0.0698 e. The summed E-state index contributed by atoms with van der Waals surface area (Å²) in [4.78, 5) is 1.50. The lowest BCUT2D eigenvalue weighted by molar-refractivity contribution is 0.0650. The summed E-state index contributed by atoms with van der Waals surface area (Å²) in [5.74, 6) is 0. The summed E-state index contributed by atoms with van der Waals surface area (Å²) < 4.78 is 4.63. The first-order valence-electron chi connectivity index (χ1n) is 2.61. The number of ether oxygens (including phenoxy) is 1. The number of rotatable bonds is 4. The summed E-state index contributed by atoms with van der Waals surface area (Å²) in [7, 11) is 0. The summed E-state index contributed by atoms with van der Waals surface area (Å²) in [5, 5.41) is 16.2. The second kappa shape index (κ2) is 15.7. The second-order valence-electron chi connectivity index (χ2n) is 1.15. The first kappa shape index (κ1) is 11.9. The van der Waals surface area contributed by atoms with Crippen molar-refractivity contribution in [3.8, 4) is 0 Å². The lowest BCUT2D eigenvalue weighted by Gasteiger charge is -1.94. The predicted octanol–water partition coefficient (Wildman–Crippen LogP) is -0.146. The molecule has 0 aromatic heterocycles. The molecular formula is C4H10N3O3-. The minimum atomic E-state index is 0.0278. The van der Waals surface area contributed by atoms with Gasteiger partial charge in [0.1, 0.15) is 0 Å². The minimum absolute atomic E-state index is 0.0278. The van der Waals surface area contributed by atoms with Crippen LogP contribution in [-0.2, 0) is 4.74 Å². The maximum absolute atomic E-state index is 8.09. The predicted molar refractivity (Wildman–Crippen MR) is 35.1 cm³/mol. The number of nitrogens with zero attached hydrogens (tertiary/aromatic N) is 3. The monoisotopic (exact) mass is 148 g/mol. The van der Waals surface area contributed by atoms with Gasteiger partial charge in [0.05, 0.1) is 26.4 Å². The van der Waals surface area contributed by atoms with Gasteiger partial charge in [0.15, 0.2) is 0 Å². The van der Waals surface area contributed by atoms with Crippen LogP contribution < -0.4 is 0 Å². The van der Waals surface area contributed by atoms with Crippen molar-refractivity contribution in [2.75, 3.05) is 26.4 Å². The summed E-state index contributed by atoms with van der Waals surface area (Å²) in [6, 6.07) is 0. The Hall–Kier alpha value is -0.810. The Bertz CT molecular complexity index is 77.8. The topological polar surface area (TPSA) is 108 Å².